The number of β-amino-alcohol motifs (C(OH)–C–C–N with tert-alkyl or cyclic N) is 1. The fourth-order valence-corrected chi connectivity index (χ4v) is 5.36. The summed E-state index contributed by atoms with van der Waals surface area (Å²) in [5.41, 5.74) is 1.30. The molecule has 1 saturated heterocycles. The maximum absolute atomic E-state index is 10.3. The van der Waals surface area contributed by atoms with E-state index in [-0.39, 0.29) is 6.10 Å². The van der Waals surface area contributed by atoms with Crippen LogP contribution >= 0.6 is 0 Å². The number of ether oxygens (including phenoxy) is 1. The van der Waals surface area contributed by atoms with Crippen LogP contribution in [0.25, 0.3) is 0 Å². The van der Waals surface area contributed by atoms with Crippen molar-refractivity contribution < 1.29 is 9.84 Å². The molecule has 4 heteroatoms. The minimum absolute atomic E-state index is 0.363. The van der Waals surface area contributed by atoms with Crippen LogP contribution in [-0.4, -0.2) is 62.0 Å². The fourth-order valence-electron chi connectivity index (χ4n) is 5.36. The molecule has 1 N–H and O–H groups in total. The predicted molar refractivity (Wildman–Crippen MR) is 105 cm³/mol. The lowest BCUT2D eigenvalue weighted by Gasteiger charge is -2.36. The average Bonchev–Trinajstić information content (AvgIpc) is 3.30. The SMILES string of the molecule is OC(COCCC1CC2CCC1C2)CN1CCN(c2ccccc2)CC1. The van der Waals surface area contributed by atoms with Crippen molar-refractivity contribution in [3.8, 4) is 0 Å². The van der Waals surface area contributed by atoms with Crippen molar-refractivity contribution in [2.45, 2.75) is 38.2 Å². The van der Waals surface area contributed by atoms with Crippen LogP contribution in [-0.2, 0) is 4.74 Å². The number of benzene rings is 1. The summed E-state index contributed by atoms with van der Waals surface area (Å²) in [7, 11) is 0. The minimum Gasteiger partial charge on any atom is -0.389 e. The highest BCUT2D eigenvalue weighted by molar-refractivity contribution is 5.46. The molecule has 2 bridgehead atoms. The lowest BCUT2D eigenvalue weighted by molar-refractivity contribution is 0.0100. The number of piperazine rings is 1. The molecule has 0 spiro atoms. The van der Waals surface area contributed by atoms with Crippen LogP contribution in [0, 0.1) is 17.8 Å². The molecular formula is C22H34N2O2. The zero-order chi connectivity index (χ0) is 17.8. The van der Waals surface area contributed by atoms with Gasteiger partial charge in [-0.15, -0.1) is 0 Å². The van der Waals surface area contributed by atoms with Crippen LogP contribution in [0.3, 0.4) is 0 Å². The van der Waals surface area contributed by atoms with Gasteiger partial charge in [0.2, 0.25) is 0 Å². The molecule has 4 rings (SSSR count). The molecule has 4 unspecified atom stereocenters. The molecule has 1 aromatic rings. The van der Waals surface area contributed by atoms with Gasteiger partial charge in [0.25, 0.3) is 0 Å². The molecule has 1 aromatic carbocycles. The Morgan fingerprint density at radius 1 is 1.04 bits per heavy atom. The Balaban J connectivity index is 1.09. The molecule has 4 atom stereocenters. The number of aliphatic hydroxyl groups is 1. The summed E-state index contributed by atoms with van der Waals surface area (Å²) in [6.07, 6.45) is 6.66. The summed E-state index contributed by atoms with van der Waals surface area (Å²) in [6, 6.07) is 10.6. The number of hydrogen-bond donors (Lipinski definition) is 1. The molecule has 144 valence electrons. The van der Waals surface area contributed by atoms with Crippen molar-refractivity contribution in [2.75, 3.05) is 50.8 Å². The van der Waals surface area contributed by atoms with Gasteiger partial charge in [0.15, 0.2) is 0 Å². The maximum Gasteiger partial charge on any atom is 0.0900 e. The molecule has 3 aliphatic rings. The second-order valence-electron chi connectivity index (χ2n) is 8.58. The van der Waals surface area contributed by atoms with Gasteiger partial charge in [-0.1, -0.05) is 24.6 Å². The molecule has 26 heavy (non-hydrogen) atoms. The summed E-state index contributed by atoms with van der Waals surface area (Å²) < 4.78 is 5.81. The van der Waals surface area contributed by atoms with Crippen molar-refractivity contribution in [2.24, 2.45) is 17.8 Å². The molecular weight excluding hydrogens is 324 g/mol. The second-order valence-corrected chi connectivity index (χ2v) is 8.58. The standard InChI is InChI=1S/C22H34N2O2/c25-22(17-26-13-8-20-15-18-6-7-19(20)14-18)16-23-9-11-24(12-10-23)21-4-2-1-3-5-21/h1-5,18-20,22,25H,6-17H2. The number of rotatable bonds is 8. The molecule has 0 aromatic heterocycles. The number of para-hydroxylation sites is 1. The van der Waals surface area contributed by atoms with Gasteiger partial charge in [-0.05, 0) is 55.6 Å². The Bertz CT molecular complexity index is 544. The van der Waals surface area contributed by atoms with Crippen LogP contribution in [0.1, 0.15) is 32.1 Å². The first-order chi connectivity index (χ1) is 12.8. The van der Waals surface area contributed by atoms with Crippen molar-refractivity contribution in [1.29, 1.82) is 0 Å². The molecule has 0 amide bonds. The van der Waals surface area contributed by atoms with E-state index >= 15 is 0 Å². The first-order valence-corrected chi connectivity index (χ1v) is 10.6. The third-order valence-electron chi connectivity index (χ3n) is 6.79. The number of aliphatic hydroxyl groups excluding tert-OH is 1. The molecule has 2 saturated carbocycles. The summed E-state index contributed by atoms with van der Waals surface area (Å²) in [4.78, 5) is 4.79. The predicted octanol–water partition coefficient (Wildman–Crippen LogP) is 3.01. The lowest BCUT2D eigenvalue weighted by Crippen LogP contribution is -2.49. The zero-order valence-electron chi connectivity index (χ0n) is 15.9. The van der Waals surface area contributed by atoms with Gasteiger partial charge < -0.3 is 14.7 Å². The first kappa shape index (κ1) is 18.3. The van der Waals surface area contributed by atoms with E-state index in [4.69, 9.17) is 4.74 Å². The van der Waals surface area contributed by atoms with E-state index in [0.717, 1.165) is 57.1 Å². The summed E-state index contributed by atoms with van der Waals surface area (Å²) in [6.45, 7) is 6.13. The molecule has 4 nitrogen and oxygen atoms in total. The Labute approximate surface area is 158 Å². The third-order valence-corrected chi connectivity index (χ3v) is 6.79. The van der Waals surface area contributed by atoms with E-state index < -0.39 is 0 Å². The zero-order valence-corrected chi connectivity index (χ0v) is 15.9. The summed E-state index contributed by atoms with van der Waals surface area (Å²) in [5.74, 6) is 2.90. The van der Waals surface area contributed by atoms with Crippen LogP contribution in [0.2, 0.25) is 0 Å². The number of nitrogens with zero attached hydrogens (tertiary/aromatic N) is 2. The van der Waals surface area contributed by atoms with E-state index in [0.29, 0.717) is 6.61 Å². The van der Waals surface area contributed by atoms with Crippen LogP contribution in [0.4, 0.5) is 5.69 Å². The van der Waals surface area contributed by atoms with Gasteiger partial charge in [-0.3, -0.25) is 4.90 Å². The fraction of sp³-hybridized carbons (Fsp3) is 0.727. The van der Waals surface area contributed by atoms with E-state index in [1.165, 1.54) is 37.8 Å². The molecule has 2 aliphatic carbocycles. The highest BCUT2D eigenvalue weighted by Crippen LogP contribution is 2.49. The largest absolute Gasteiger partial charge is 0.389 e. The van der Waals surface area contributed by atoms with E-state index in [9.17, 15) is 5.11 Å². The maximum atomic E-state index is 10.3. The van der Waals surface area contributed by atoms with Gasteiger partial charge in [0.05, 0.1) is 12.7 Å². The Hall–Kier alpha value is -1.10. The third kappa shape index (κ3) is 4.59. The summed E-state index contributed by atoms with van der Waals surface area (Å²) in [5, 5.41) is 10.3. The normalized spacial score (nSPS) is 30.0. The van der Waals surface area contributed by atoms with E-state index in [2.05, 4.69) is 40.1 Å². The minimum atomic E-state index is -0.363. The van der Waals surface area contributed by atoms with Gasteiger partial charge in [-0.2, -0.15) is 0 Å². The second kappa shape index (κ2) is 8.73. The van der Waals surface area contributed by atoms with Crippen molar-refractivity contribution in [3.05, 3.63) is 30.3 Å². The highest BCUT2D eigenvalue weighted by atomic mass is 16.5. The molecule has 0 radical (unpaired) electrons. The van der Waals surface area contributed by atoms with Crippen molar-refractivity contribution >= 4 is 5.69 Å². The highest BCUT2D eigenvalue weighted by Gasteiger charge is 2.38. The van der Waals surface area contributed by atoms with Gasteiger partial charge >= 0.3 is 0 Å². The van der Waals surface area contributed by atoms with Crippen LogP contribution in [0.5, 0.6) is 0 Å². The first-order valence-electron chi connectivity index (χ1n) is 10.6. The molecule has 1 heterocycles. The smallest absolute Gasteiger partial charge is 0.0900 e. The number of anilines is 1. The molecule has 3 fully saturated rings. The van der Waals surface area contributed by atoms with Gasteiger partial charge in [0, 0.05) is 45.0 Å². The average molecular weight is 359 g/mol. The Morgan fingerprint density at radius 2 is 1.85 bits per heavy atom. The Morgan fingerprint density at radius 3 is 2.54 bits per heavy atom. The van der Waals surface area contributed by atoms with Gasteiger partial charge in [0.1, 0.15) is 0 Å². The van der Waals surface area contributed by atoms with Crippen molar-refractivity contribution in [3.63, 3.8) is 0 Å². The Kier molecular flexibility index (Phi) is 6.13. The topological polar surface area (TPSA) is 35.9 Å². The number of hydrogen-bond acceptors (Lipinski definition) is 4. The summed E-state index contributed by atoms with van der Waals surface area (Å²) >= 11 is 0. The van der Waals surface area contributed by atoms with Crippen molar-refractivity contribution in [1.82, 2.24) is 4.90 Å². The number of fused-ring (bicyclic) bond motifs is 2. The lowest BCUT2D eigenvalue weighted by atomic mass is 9.87. The quantitative estimate of drug-likeness (QED) is 0.725. The van der Waals surface area contributed by atoms with E-state index in [1.807, 2.05) is 0 Å². The van der Waals surface area contributed by atoms with Crippen LogP contribution in [0.15, 0.2) is 30.3 Å². The monoisotopic (exact) mass is 358 g/mol. The van der Waals surface area contributed by atoms with Crippen LogP contribution < -0.4 is 4.90 Å². The van der Waals surface area contributed by atoms with Gasteiger partial charge in [-0.25, -0.2) is 0 Å². The molecule has 1 aliphatic heterocycles. The van der Waals surface area contributed by atoms with E-state index in [1.54, 1.807) is 0 Å².